The van der Waals surface area contributed by atoms with Gasteiger partial charge in [-0.1, -0.05) is 0 Å². The van der Waals surface area contributed by atoms with Gasteiger partial charge in [0.2, 0.25) is 0 Å². The van der Waals surface area contributed by atoms with E-state index in [9.17, 15) is 8.76 Å². The zero-order valence-corrected chi connectivity index (χ0v) is 7.39. The largest absolute Gasteiger partial charge is 0.760 e. The highest BCUT2D eigenvalue weighted by Gasteiger charge is 2.15. The summed E-state index contributed by atoms with van der Waals surface area (Å²) in [5, 5.41) is 0. The van der Waals surface area contributed by atoms with Crippen molar-refractivity contribution in [3.63, 3.8) is 0 Å². The van der Waals surface area contributed by atoms with Crippen LogP contribution in [0.5, 0.6) is 0 Å². The quantitative estimate of drug-likeness (QED) is 0.577. The first-order chi connectivity index (χ1) is 5.18. The maximum Gasteiger partial charge on any atom is 0.0208 e. The summed E-state index contributed by atoms with van der Waals surface area (Å²) < 4.78 is 22.9. The monoisotopic (exact) mass is 177 g/mol. The predicted octanol–water partition coefficient (Wildman–Crippen LogP) is -0.536. The molecule has 1 aliphatic rings. The standard InChI is InChI=1S/C6H14N2O2S/c1-8-4-2-6(3-5-8)7-11(9)10/h6-7H,2-5H2,1H3,(H,9,10)/p-1. The molecule has 4 nitrogen and oxygen atoms in total. The molecular weight excluding hydrogens is 164 g/mol. The van der Waals surface area contributed by atoms with Gasteiger partial charge in [0.15, 0.2) is 0 Å². The van der Waals surface area contributed by atoms with E-state index in [2.05, 4.69) is 9.62 Å². The second-order valence-corrected chi connectivity index (χ2v) is 3.64. The molecule has 0 amide bonds. The topological polar surface area (TPSA) is 55.4 Å². The van der Waals surface area contributed by atoms with Crippen molar-refractivity contribution in [2.24, 2.45) is 0 Å². The molecule has 1 fully saturated rings. The molecule has 0 saturated carbocycles. The Morgan fingerprint density at radius 3 is 2.55 bits per heavy atom. The molecule has 1 aliphatic heterocycles. The Hall–Kier alpha value is 0.0300. The fourth-order valence-electron chi connectivity index (χ4n) is 1.26. The second kappa shape index (κ2) is 4.15. The van der Waals surface area contributed by atoms with Crippen molar-refractivity contribution in [1.82, 2.24) is 9.62 Å². The van der Waals surface area contributed by atoms with Gasteiger partial charge in [0.1, 0.15) is 0 Å². The van der Waals surface area contributed by atoms with Gasteiger partial charge >= 0.3 is 0 Å². The molecule has 1 unspecified atom stereocenters. The third-order valence-electron chi connectivity index (χ3n) is 1.98. The number of piperidine rings is 1. The van der Waals surface area contributed by atoms with Crippen LogP contribution in [0.2, 0.25) is 0 Å². The first kappa shape index (κ1) is 9.12. The van der Waals surface area contributed by atoms with Gasteiger partial charge in [0, 0.05) is 17.3 Å². The van der Waals surface area contributed by atoms with Crippen LogP contribution in [0.15, 0.2) is 0 Å². The lowest BCUT2D eigenvalue weighted by atomic mass is 10.1. The van der Waals surface area contributed by atoms with Gasteiger partial charge < -0.3 is 9.45 Å². The molecule has 1 heterocycles. The summed E-state index contributed by atoms with van der Waals surface area (Å²) >= 11 is -2.09. The van der Waals surface area contributed by atoms with Crippen molar-refractivity contribution >= 4 is 11.3 Å². The minimum atomic E-state index is -2.09. The summed E-state index contributed by atoms with van der Waals surface area (Å²) in [6.07, 6.45) is 1.84. The van der Waals surface area contributed by atoms with Gasteiger partial charge in [-0.25, -0.2) is 4.72 Å². The van der Waals surface area contributed by atoms with E-state index in [1.54, 1.807) is 0 Å². The fraction of sp³-hybridized carbons (Fsp3) is 1.00. The van der Waals surface area contributed by atoms with E-state index in [0.29, 0.717) is 0 Å². The van der Waals surface area contributed by atoms with Crippen LogP contribution >= 0.6 is 0 Å². The van der Waals surface area contributed by atoms with Crippen LogP contribution in [-0.2, 0) is 11.3 Å². The van der Waals surface area contributed by atoms with E-state index in [0.717, 1.165) is 25.9 Å². The van der Waals surface area contributed by atoms with Crippen LogP contribution in [0.4, 0.5) is 0 Å². The molecule has 11 heavy (non-hydrogen) atoms. The highest BCUT2D eigenvalue weighted by atomic mass is 32.2. The molecule has 0 aliphatic carbocycles. The van der Waals surface area contributed by atoms with Gasteiger partial charge in [-0.15, -0.1) is 0 Å². The SMILES string of the molecule is CN1CCC(NS(=O)[O-])CC1. The summed E-state index contributed by atoms with van der Waals surface area (Å²) in [7, 11) is 2.05. The van der Waals surface area contributed by atoms with Crippen molar-refractivity contribution in [1.29, 1.82) is 0 Å². The van der Waals surface area contributed by atoms with Crippen LogP contribution in [0.1, 0.15) is 12.8 Å². The summed E-state index contributed by atoms with van der Waals surface area (Å²) in [5.74, 6) is 0. The average molecular weight is 177 g/mol. The van der Waals surface area contributed by atoms with E-state index < -0.39 is 11.3 Å². The van der Waals surface area contributed by atoms with E-state index in [1.165, 1.54) is 0 Å². The van der Waals surface area contributed by atoms with Crippen molar-refractivity contribution in [3.8, 4) is 0 Å². The molecule has 0 bridgehead atoms. The molecule has 1 rings (SSSR count). The minimum Gasteiger partial charge on any atom is -0.760 e. The summed E-state index contributed by atoms with van der Waals surface area (Å²) in [6.45, 7) is 1.96. The third-order valence-corrected chi connectivity index (χ3v) is 2.51. The van der Waals surface area contributed by atoms with E-state index in [1.807, 2.05) is 7.05 Å². The fourth-order valence-corrected chi connectivity index (χ4v) is 1.77. The van der Waals surface area contributed by atoms with Gasteiger partial charge in [-0.05, 0) is 33.0 Å². The summed E-state index contributed by atoms with van der Waals surface area (Å²) in [5.41, 5.74) is 0. The molecule has 5 heteroatoms. The molecular formula is C6H13N2O2S-. The first-order valence-electron chi connectivity index (χ1n) is 3.72. The van der Waals surface area contributed by atoms with E-state index >= 15 is 0 Å². The van der Waals surface area contributed by atoms with Gasteiger partial charge in [0.05, 0.1) is 0 Å². The normalized spacial score (nSPS) is 25.3. The van der Waals surface area contributed by atoms with Gasteiger partial charge in [-0.3, -0.25) is 4.21 Å². The molecule has 1 saturated heterocycles. The van der Waals surface area contributed by atoms with Crippen LogP contribution in [0.25, 0.3) is 0 Å². The van der Waals surface area contributed by atoms with Gasteiger partial charge in [-0.2, -0.15) is 0 Å². The lowest BCUT2D eigenvalue weighted by Crippen LogP contribution is -2.41. The highest BCUT2D eigenvalue weighted by molar-refractivity contribution is 7.77. The Labute approximate surface area is 69.4 Å². The third kappa shape index (κ3) is 3.29. The molecule has 0 aromatic heterocycles. The van der Waals surface area contributed by atoms with Crippen molar-refractivity contribution in [2.45, 2.75) is 18.9 Å². The maximum atomic E-state index is 10.2. The molecule has 0 spiro atoms. The summed E-state index contributed by atoms with van der Waals surface area (Å²) in [4.78, 5) is 2.20. The molecule has 1 atom stereocenters. The second-order valence-electron chi connectivity index (χ2n) is 2.93. The number of nitrogens with zero attached hydrogens (tertiary/aromatic N) is 1. The van der Waals surface area contributed by atoms with E-state index in [4.69, 9.17) is 0 Å². The molecule has 1 N–H and O–H groups in total. The molecule has 0 aromatic rings. The Balaban J connectivity index is 2.22. The Morgan fingerprint density at radius 1 is 1.55 bits per heavy atom. The molecule has 0 radical (unpaired) electrons. The zero-order chi connectivity index (χ0) is 8.27. The average Bonchev–Trinajstić information content (AvgIpc) is 1.93. The van der Waals surface area contributed by atoms with Crippen LogP contribution in [0, 0.1) is 0 Å². The lowest BCUT2D eigenvalue weighted by molar-refractivity contribution is 0.247. The number of nitrogens with one attached hydrogen (secondary N) is 1. The number of hydrogen-bond donors (Lipinski definition) is 1. The Kier molecular flexibility index (Phi) is 3.45. The smallest absolute Gasteiger partial charge is 0.0208 e. The minimum absolute atomic E-state index is 0.157. The Morgan fingerprint density at radius 2 is 2.09 bits per heavy atom. The van der Waals surface area contributed by atoms with Crippen molar-refractivity contribution in [3.05, 3.63) is 0 Å². The highest BCUT2D eigenvalue weighted by Crippen LogP contribution is 2.07. The first-order valence-corrected chi connectivity index (χ1v) is 4.80. The molecule has 0 aromatic carbocycles. The number of likely N-dealkylation sites (tertiary alicyclic amines) is 1. The maximum absolute atomic E-state index is 10.2. The van der Waals surface area contributed by atoms with E-state index in [-0.39, 0.29) is 6.04 Å². The summed E-state index contributed by atoms with van der Waals surface area (Å²) in [6, 6.07) is 0.157. The zero-order valence-electron chi connectivity index (χ0n) is 6.58. The Bertz CT molecular complexity index is 146. The van der Waals surface area contributed by atoms with Crippen molar-refractivity contribution < 1.29 is 8.76 Å². The molecule has 66 valence electrons. The van der Waals surface area contributed by atoms with Crippen LogP contribution in [0.3, 0.4) is 0 Å². The lowest BCUT2D eigenvalue weighted by Gasteiger charge is -2.29. The van der Waals surface area contributed by atoms with Gasteiger partial charge in [0.25, 0.3) is 0 Å². The number of rotatable bonds is 2. The predicted molar refractivity (Wildman–Crippen MR) is 42.6 cm³/mol. The van der Waals surface area contributed by atoms with Crippen LogP contribution in [-0.4, -0.2) is 39.8 Å². The van der Waals surface area contributed by atoms with Crippen LogP contribution < -0.4 is 4.72 Å². The van der Waals surface area contributed by atoms with Crippen molar-refractivity contribution in [2.75, 3.05) is 20.1 Å². The number of hydrogen-bond acceptors (Lipinski definition) is 3.